The van der Waals surface area contributed by atoms with Crippen LogP contribution >= 0.6 is 22.7 Å². The molecular weight excluding hydrogens is 290 g/mol. The van der Waals surface area contributed by atoms with Crippen LogP contribution in [-0.2, 0) is 13.1 Å². The van der Waals surface area contributed by atoms with Gasteiger partial charge in [0.25, 0.3) is 5.91 Å². The Balaban J connectivity index is 1.73. The van der Waals surface area contributed by atoms with E-state index in [1.54, 1.807) is 11.3 Å². The monoisotopic (exact) mass is 307 g/mol. The number of nitrogens with two attached hydrogens (primary N) is 1. The third-order valence-corrected chi connectivity index (χ3v) is 5.17. The van der Waals surface area contributed by atoms with E-state index in [4.69, 9.17) is 5.84 Å². The summed E-state index contributed by atoms with van der Waals surface area (Å²) in [5, 5.41) is 6.25. The molecule has 0 saturated heterocycles. The standard InChI is InChI=1S/C14H17N3OS2/c15-16-14(18)13-11(4-6-20-13)8-17(12-1-2-12)7-10-3-5-19-9-10/h3-6,9,12H,1-2,7-8,15H2,(H,16,18). The molecule has 0 radical (unpaired) electrons. The second kappa shape index (κ2) is 6.05. The van der Waals surface area contributed by atoms with E-state index in [0.717, 1.165) is 23.5 Å². The SMILES string of the molecule is NNC(=O)c1sccc1CN(Cc1ccsc1)C1CC1. The third kappa shape index (κ3) is 3.09. The Morgan fingerprint density at radius 1 is 1.35 bits per heavy atom. The van der Waals surface area contributed by atoms with Gasteiger partial charge in [0.2, 0.25) is 0 Å². The number of hydrogen-bond donors (Lipinski definition) is 2. The lowest BCUT2D eigenvalue weighted by Crippen LogP contribution is -2.31. The molecule has 1 aliphatic rings. The highest BCUT2D eigenvalue weighted by molar-refractivity contribution is 7.12. The lowest BCUT2D eigenvalue weighted by atomic mass is 10.2. The maximum Gasteiger partial charge on any atom is 0.275 e. The van der Waals surface area contributed by atoms with Gasteiger partial charge in [-0.3, -0.25) is 15.1 Å². The second-order valence-corrected chi connectivity index (χ2v) is 6.71. The third-order valence-electron chi connectivity index (χ3n) is 3.49. The highest BCUT2D eigenvalue weighted by atomic mass is 32.1. The Labute approximate surface area is 126 Å². The van der Waals surface area contributed by atoms with Crippen LogP contribution in [0.4, 0.5) is 0 Å². The molecule has 4 nitrogen and oxygen atoms in total. The first-order valence-corrected chi connectivity index (χ1v) is 8.42. The van der Waals surface area contributed by atoms with Crippen molar-refractivity contribution in [3.8, 4) is 0 Å². The summed E-state index contributed by atoms with van der Waals surface area (Å²) in [5.41, 5.74) is 4.64. The normalized spacial score (nSPS) is 14.7. The molecule has 0 spiro atoms. The van der Waals surface area contributed by atoms with Crippen LogP contribution in [0.2, 0.25) is 0 Å². The number of hydrogen-bond acceptors (Lipinski definition) is 5. The van der Waals surface area contributed by atoms with Gasteiger partial charge in [0.1, 0.15) is 0 Å². The van der Waals surface area contributed by atoms with E-state index in [9.17, 15) is 4.79 Å². The van der Waals surface area contributed by atoms with E-state index < -0.39 is 0 Å². The molecule has 1 amide bonds. The lowest BCUT2D eigenvalue weighted by molar-refractivity contribution is 0.0955. The zero-order chi connectivity index (χ0) is 13.9. The van der Waals surface area contributed by atoms with Crippen molar-refractivity contribution in [3.05, 3.63) is 44.3 Å². The van der Waals surface area contributed by atoms with Crippen LogP contribution in [0.15, 0.2) is 28.3 Å². The van der Waals surface area contributed by atoms with Gasteiger partial charge in [0, 0.05) is 19.1 Å². The van der Waals surface area contributed by atoms with Crippen LogP contribution in [0.25, 0.3) is 0 Å². The first kappa shape index (κ1) is 13.8. The predicted molar refractivity (Wildman–Crippen MR) is 82.6 cm³/mol. The topological polar surface area (TPSA) is 58.4 Å². The molecule has 2 aromatic heterocycles. The number of nitrogen functional groups attached to an aromatic ring is 1. The Bertz CT molecular complexity index is 575. The number of rotatable bonds is 6. The summed E-state index contributed by atoms with van der Waals surface area (Å²) in [6.45, 7) is 1.76. The van der Waals surface area contributed by atoms with E-state index in [1.807, 2.05) is 11.4 Å². The fraction of sp³-hybridized carbons (Fsp3) is 0.357. The second-order valence-electron chi connectivity index (χ2n) is 5.02. The minimum atomic E-state index is -0.193. The van der Waals surface area contributed by atoms with Crippen molar-refractivity contribution in [2.24, 2.45) is 5.84 Å². The first-order valence-electron chi connectivity index (χ1n) is 6.60. The van der Waals surface area contributed by atoms with Crippen molar-refractivity contribution in [1.29, 1.82) is 0 Å². The van der Waals surface area contributed by atoms with Gasteiger partial charge >= 0.3 is 0 Å². The average molecular weight is 307 g/mol. The zero-order valence-electron chi connectivity index (χ0n) is 11.0. The quantitative estimate of drug-likeness (QED) is 0.490. The molecule has 20 heavy (non-hydrogen) atoms. The maximum atomic E-state index is 11.7. The number of carbonyl (C=O) groups excluding carboxylic acids is 1. The summed E-state index contributed by atoms with van der Waals surface area (Å²) >= 11 is 3.18. The number of amides is 1. The van der Waals surface area contributed by atoms with Gasteiger partial charge < -0.3 is 0 Å². The number of nitrogens with zero attached hydrogens (tertiary/aromatic N) is 1. The molecule has 3 rings (SSSR count). The minimum Gasteiger partial charge on any atom is -0.292 e. The van der Waals surface area contributed by atoms with Gasteiger partial charge in [-0.1, -0.05) is 0 Å². The zero-order valence-corrected chi connectivity index (χ0v) is 12.7. The van der Waals surface area contributed by atoms with Crippen molar-refractivity contribution >= 4 is 28.6 Å². The molecule has 2 aromatic rings. The molecule has 0 aromatic carbocycles. The largest absolute Gasteiger partial charge is 0.292 e. The molecule has 106 valence electrons. The molecule has 0 unspecified atom stereocenters. The van der Waals surface area contributed by atoms with Crippen LogP contribution in [0.5, 0.6) is 0 Å². The summed E-state index contributed by atoms with van der Waals surface area (Å²) in [4.78, 5) is 14.9. The molecular formula is C14H17N3OS2. The average Bonchev–Trinajstić information content (AvgIpc) is 2.99. The smallest absolute Gasteiger partial charge is 0.275 e. The Morgan fingerprint density at radius 2 is 2.20 bits per heavy atom. The molecule has 1 saturated carbocycles. The van der Waals surface area contributed by atoms with Crippen molar-refractivity contribution in [1.82, 2.24) is 10.3 Å². The minimum absolute atomic E-state index is 0.193. The van der Waals surface area contributed by atoms with Gasteiger partial charge in [-0.25, -0.2) is 5.84 Å². The Hall–Kier alpha value is -1.21. The number of hydrazine groups is 1. The van der Waals surface area contributed by atoms with Crippen LogP contribution in [0.1, 0.15) is 33.6 Å². The molecule has 6 heteroatoms. The van der Waals surface area contributed by atoms with Crippen LogP contribution in [0, 0.1) is 0 Å². The van der Waals surface area contributed by atoms with Crippen molar-refractivity contribution in [3.63, 3.8) is 0 Å². The van der Waals surface area contributed by atoms with E-state index >= 15 is 0 Å². The Morgan fingerprint density at radius 3 is 2.85 bits per heavy atom. The van der Waals surface area contributed by atoms with E-state index in [-0.39, 0.29) is 5.91 Å². The summed E-state index contributed by atoms with van der Waals surface area (Å²) in [5.74, 6) is 5.05. The van der Waals surface area contributed by atoms with Crippen molar-refractivity contribution in [2.75, 3.05) is 0 Å². The highest BCUT2D eigenvalue weighted by Crippen LogP contribution is 2.31. The maximum absolute atomic E-state index is 11.7. The fourth-order valence-corrected chi connectivity index (χ4v) is 3.79. The van der Waals surface area contributed by atoms with Crippen molar-refractivity contribution in [2.45, 2.75) is 32.0 Å². The predicted octanol–water partition coefficient (Wildman–Crippen LogP) is 2.58. The number of nitrogens with one attached hydrogen (secondary N) is 1. The Kier molecular flexibility index (Phi) is 4.16. The van der Waals surface area contributed by atoms with Gasteiger partial charge in [-0.05, 0) is 52.2 Å². The molecule has 0 atom stereocenters. The number of carbonyl (C=O) groups is 1. The molecule has 3 N–H and O–H groups in total. The molecule has 0 bridgehead atoms. The van der Waals surface area contributed by atoms with E-state index in [1.165, 1.54) is 29.7 Å². The fourth-order valence-electron chi connectivity index (χ4n) is 2.31. The molecule has 0 aliphatic heterocycles. The van der Waals surface area contributed by atoms with Gasteiger partial charge in [0.05, 0.1) is 4.88 Å². The van der Waals surface area contributed by atoms with Crippen LogP contribution in [-0.4, -0.2) is 16.8 Å². The van der Waals surface area contributed by atoms with Crippen LogP contribution < -0.4 is 11.3 Å². The molecule has 1 aliphatic carbocycles. The first-order chi connectivity index (χ1) is 9.78. The highest BCUT2D eigenvalue weighted by Gasteiger charge is 2.30. The van der Waals surface area contributed by atoms with Gasteiger partial charge in [-0.15, -0.1) is 11.3 Å². The summed E-state index contributed by atoms with van der Waals surface area (Å²) in [6, 6.07) is 4.85. The van der Waals surface area contributed by atoms with Crippen molar-refractivity contribution < 1.29 is 4.79 Å². The van der Waals surface area contributed by atoms with E-state index in [0.29, 0.717) is 6.04 Å². The van der Waals surface area contributed by atoms with Gasteiger partial charge in [0.15, 0.2) is 0 Å². The summed E-state index contributed by atoms with van der Waals surface area (Å²) in [7, 11) is 0. The lowest BCUT2D eigenvalue weighted by Gasteiger charge is -2.21. The summed E-state index contributed by atoms with van der Waals surface area (Å²) < 4.78 is 0. The van der Waals surface area contributed by atoms with Crippen LogP contribution in [0.3, 0.4) is 0 Å². The summed E-state index contributed by atoms with van der Waals surface area (Å²) in [6.07, 6.45) is 2.51. The molecule has 1 fully saturated rings. The van der Waals surface area contributed by atoms with E-state index in [2.05, 4.69) is 27.2 Å². The number of thiophene rings is 2. The van der Waals surface area contributed by atoms with Gasteiger partial charge in [-0.2, -0.15) is 11.3 Å². The molecule has 2 heterocycles.